The Hall–Kier alpha value is -2.24. The van der Waals surface area contributed by atoms with Gasteiger partial charge in [-0.1, -0.05) is 6.92 Å². The fourth-order valence-electron chi connectivity index (χ4n) is 1.65. The van der Waals surface area contributed by atoms with Crippen molar-refractivity contribution in [1.82, 2.24) is 19.9 Å². The molecule has 2 heterocycles. The highest BCUT2D eigenvalue weighted by atomic mass is 15.1. The van der Waals surface area contributed by atoms with Gasteiger partial charge in [0.15, 0.2) is 0 Å². The Kier molecular flexibility index (Phi) is 4.60. The lowest BCUT2D eigenvalue weighted by Gasteiger charge is -2.09. The van der Waals surface area contributed by atoms with Gasteiger partial charge in [-0.05, 0) is 12.5 Å². The van der Waals surface area contributed by atoms with E-state index in [0.717, 1.165) is 36.0 Å². The first-order valence-electron chi connectivity index (χ1n) is 6.36. The van der Waals surface area contributed by atoms with Gasteiger partial charge < -0.3 is 10.6 Å². The van der Waals surface area contributed by atoms with Crippen molar-refractivity contribution in [3.63, 3.8) is 0 Å². The molecule has 0 aromatic carbocycles. The zero-order valence-corrected chi connectivity index (χ0v) is 11.2. The highest BCUT2D eigenvalue weighted by molar-refractivity contribution is 5.47. The van der Waals surface area contributed by atoms with Crippen LogP contribution in [0.1, 0.15) is 24.9 Å². The molecule has 0 atom stereocenters. The molecule has 0 saturated heterocycles. The SMILES string of the molecule is CCCc1nc(NC)cc(NCc2ccncn2)n1. The van der Waals surface area contributed by atoms with E-state index in [2.05, 4.69) is 37.5 Å². The molecule has 0 aliphatic rings. The smallest absolute Gasteiger partial charge is 0.133 e. The van der Waals surface area contributed by atoms with Gasteiger partial charge >= 0.3 is 0 Å². The second kappa shape index (κ2) is 6.63. The molecule has 0 bridgehead atoms. The van der Waals surface area contributed by atoms with E-state index in [0.29, 0.717) is 6.54 Å². The average molecular weight is 258 g/mol. The van der Waals surface area contributed by atoms with Gasteiger partial charge in [-0.2, -0.15) is 0 Å². The number of hydrogen-bond acceptors (Lipinski definition) is 6. The van der Waals surface area contributed by atoms with Gasteiger partial charge in [-0.3, -0.25) is 0 Å². The first kappa shape index (κ1) is 13.2. The summed E-state index contributed by atoms with van der Waals surface area (Å²) in [6.07, 6.45) is 5.17. The van der Waals surface area contributed by atoms with E-state index in [1.807, 2.05) is 19.2 Å². The zero-order valence-electron chi connectivity index (χ0n) is 11.2. The molecule has 6 heteroatoms. The third kappa shape index (κ3) is 3.87. The van der Waals surface area contributed by atoms with Crippen molar-refractivity contribution in [3.05, 3.63) is 36.2 Å². The highest BCUT2D eigenvalue weighted by Gasteiger charge is 2.03. The van der Waals surface area contributed by atoms with Crippen molar-refractivity contribution < 1.29 is 0 Å². The van der Waals surface area contributed by atoms with Crippen LogP contribution in [0.5, 0.6) is 0 Å². The Morgan fingerprint density at radius 3 is 2.74 bits per heavy atom. The van der Waals surface area contributed by atoms with Crippen LogP contribution in [0, 0.1) is 0 Å². The molecule has 0 radical (unpaired) electrons. The quantitative estimate of drug-likeness (QED) is 0.824. The summed E-state index contributed by atoms with van der Waals surface area (Å²) < 4.78 is 0. The van der Waals surface area contributed by atoms with Gasteiger partial charge in [0.05, 0.1) is 12.2 Å². The molecule has 2 aromatic rings. The first-order chi connectivity index (χ1) is 9.31. The van der Waals surface area contributed by atoms with Crippen molar-refractivity contribution in [2.75, 3.05) is 17.7 Å². The summed E-state index contributed by atoms with van der Waals surface area (Å²) in [5.74, 6) is 2.48. The molecule has 6 nitrogen and oxygen atoms in total. The van der Waals surface area contributed by atoms with Crippen LogP contribution in [0.15, 0.2) is 24.7 Å². The third-order valence-electron chi connectivity index (χ3n) is 2.60. The van der Waals surface area contributed by atoms with Crippen molar-refractivity contribution in [1.29, 1.82) is 0 Å². The van der Waals surface area contributed by atoms with Crippen molar-refractivity contribution >= 4 is 11.6 Å². The summed E-state index contributed by atoms with van der Waals surface area (Å²) in [4.78, 5) is 16.9. The molecular weight excluding hydrogens is 240 g/mol. The zero-order chi connectivity index (χ0) is 13.5. The van der Waals surface area contributed by atoms with E-state index in [1.165, 1.54) is 0 Å². The number of aromatic nitrogens is 4. The molecule has 2 N–H and O–H groups in total. The predicted molar refractivity (Wildman–Crippen MR) is 74.9 cm³/mol. The van der Waals surface area contributed by atoms with Gasteiger partial charge in [0.2, 0.25) is 0 Å². The molecule has 0 unspecified atom stereocenters. The minimum Gasteiger partial charge on any atom is -0.373 e. The van der Waals surface area contributed by atoms with Gasteiger partial charge in [0.1, 0.15) is 23.8 Å². The van der Waals surface area contributed by atoms with Crippen LogP contribution in [0.4, 0.5) is 11.6 Å². The van der Waals surface area contributed by atoms with E-state index in [-0.39, 0.29) is 0 Å². The largest absolute Gasteiger partial charge is 0.373 e. The number of nitrogens with one attached hydrogen (secondary N) is 2. The summed E-state index contributed by atoms with van der Waals surface area (Å²) in [7, 11) is 1.85. The topological polar surface area (TPSA) is 75.6 Å². The maximum absolute atomic E-state index is 4.48. The lowest BCUT2D eigenvalue weighted by molar-refractivity contribution is 0.834. The maximum Gasteiger partial charge on any atom is 0.133 e. The van der Waals surface area contributed by atoms with Crippen LogP contribution >= 0.6 is 0 Å². The molecule has 0 fully saturated rings. The van der Waals surface area contributed by atoms with E-state index < -0.39 is 0 Å². The molecule has 0 aliphatic carbocycles. The summed E-state index contributed by atoms with van der Waals surface area (Å²) in [5.41, 5.74) is 0.927. The second-order valence-electron chi connectivity index (χ2n) is 4.11. The Bertz CT molecular complexity index is 514. The Morgan fingerprint density at radius 2 is 2.05 bits per heavy atom. The molecule has 2 aromatic heterocycles. The van der Waals surface area contributed by atoms with Crippen LogP contribution in [0.3, 0.4) is 0 Å². The molecule has 0 amide bonds. The molecule has 2 rings (SSSR count). The summed E-state index contributed by atoms with van der Waals surface area (Å²) in [6, 6.07) is 3.76. The molecule has 0 spiro atoms. The Balaban J connectivity index is 2.08. The van der Waals surface area contributed by atoms with Crippen LogP contribution < -0.4 is 10.6 Å². The van der Waals surface area contributed by atoms with Gasteiger partial charge in [0, 0.05) is 25.7 Å². The van der Waals surface area contributed by atoms with E-state index in [4.69, 9.17) is 0 Å². The number of anilines is 2. The third-order valence-corrected chi connectivity index (χ3v) is 2.60. The Labute approximate surface area is 112 Å². The second-order valence-corrected chi connectivity index (χ2v) is 4.11. The molecular formula is C13H18N6. The van der Waals surface area contributed by atoms with Crippen LogP contribution in [-0.4, -0.2) is 27.0 Å². The highest BCUT2D eigenvalue weighted by Crippen LogP contribution is 2.12. The lowest BCUT2D eigenvalue weighted by atomic mass is 10.3. The summed E-state index contributed by atoms with van der Waals surface area (Å²) in [5, 5.41) is 6.30. The maximum atomic E-state index is 4.48. The number of rotatable bonds is 6. The molecule has 19 heavy (non-hydrogen) atoms. The fourth-order valence-corrected chi connectivity index (χ4v) is 1.65. The van der Waals surface area contributed by atoms with Crippen LogP contribution in [-0.2, 0) is 13.0 Å². The summed E-state index contributed by atoms with van der Waals surface area (Å²) in [6.45, 7) is 2.73. The predicted octanol–water partition coefficient (Wildman–Crippen LogP) is 1.87. The average Bonchev–Trinajstić information content (AvgIpc) is 2.46. The Morgan fingerprint density at radius 1 is 1.21 bits per heavy atom. The number of aryl methyl sites for hydroxylation is 1. The lowest BCUT2D eigenvalue weighted by Crippen LogP contribution is -2.07. The molecule has 0 saturated carbocycles. The minimum absolute atomic E-state index is 0.619. The van der Waals surface area contributed by atoms with E-state index in [9.17, 15) is 0 Å². The minimum atomic E-state index is 0.619. The fraction of sp³-hybridized carbons (Fsp3) is 0.385. The normalized spacial score (nSPS) is 10.2. The van der Waals surface area contributed by atoms with Gasteiger partial charge in [0.25, 0.3) is 0 Å². The standard InChI is InChI=1S/C13H18N6/c1-3-4-11-18-12(14-2)7-13(19-11)16-8-10-5-6-15-9-17-10/h5-7,9H,3-4,8H2,1-2H3,(H2,14,16,18,19). The summed E-state index contributed by atoms with van der Waals surface area (Å²) >= 11 is 0. The van der Waals surface area contributed by atoms with E-state index in [1.54, 1.807) is 12.5 Å². The van der Waals surface area contributed by atoms with Gasteiger partial charge in [-0.25, -0.2) is 19.9 Å². The van der Waals surface area contributed by atoms with Crippen LogP contribution in [0.25, 0.3) is 0 Å². The van der Waals surface area contributed by atoms with E-state index >= 15 is 0 Å². The number of nitrogens with zero attached hydrogens (tertiary/aromatic N) is 4. The number of hydrogen-bond donors (Lipinski definition) is 2. The van der Waals surface area contributed by atoms with Crippen LogP contribution in [0.2, 0.25) is 0 Å². The van der Waals surface area contributed by atoms with Gasteiger partial charge in [-0.15, -0.1) is 0 Å². The molecule has 100 valence electrons. The monoisotopic (exact) mass is 258 g/mol. The van der Waals surface area contributed by atoms with Crippen molar-refractivity contribution in [3.8, 4) is 0 Å². The first-order valence-corrected chi connectivity index (χ1v) is 6.36. The van der Waals surface area contributed by atoms with Crippen molar-refractivity contribution in [2.24, 2.45) is 0 Å². The van der Waals surface area contributed by atoms with Crippen molar-refractivity contribution in [2.45, 2.75) is 26.3 Å². The molecule has 0 aliphatic heterocycles.